The molecule has 0 saturated heterocycles. The lowest BCUT2D eigenvalue weighted by Crippen LogP contribution is -1.89. The van der Waals surface area contributed by atoms with Crippen LogP contribution in [0.4, 0.5) is 10.1 Å². The largest absolute Gasteiger partial charge is 0.503 e. The summed E-state index contributed by atoms with van der Waals surface area (Å²) < 4.78 is 18.8. The van der Waals surface area contributed by atoms with Gasteiger partial charge in [0.1, 0.15) is 28.2 Å². The molecule has 2 aromatic carbocycles. The summed E-state index contributed by atoms with van der Waals surface area (Å²) in [5.41, 5.74) is 1.49. The van der Waals surface area contributed by atoms with E-state index in [-0.39, 0.29) is 27.8 Å². The van der Waals surface area contributed by atoms with Crippen molar-refractivity contribution in [1.82, 2.24) is 4.98 Å². The smallest absolute Gasteiger partial charge is 0.270 e. The number of halogens is 1. The van der Waals surface area contributed by atoms with E-state index in [0.29, 0.717) is 22.6 Å². The van der Waals surface area contributed by atoms with Gasteiger partial charge in [0.05, 0.1) is 10.6 Å². The summed E-state index contributed by atoms with van der Waals surface area (Å²) in [5, 5.41) is 33.1. The molecule has 0 atom stereocenters. The third kappa shape index (κ3) is 4.05. The van der Waals surface area contributed by atoms with Gasteiger partial charge in [0.25, 0.3) is 5.69 Å². The number of hydrogen-bond donors (Lipinski definition) is 1. The molecule has 1 N–H and O–H groups in total. The number of nitro groups is 1. The average Bonchev–Trinajstić information content (AvgIpc) is 3.45. The Hall–Kier alpha value is -4.29. The first-order valence-corrected chi connectivity index (χ1v) is 9.74. The predicted octanol–water partition coefficient (Wildman–Crippen LogP) is 6.07. The van der Waals surface area contributed by atoms with Gasteiger partial charge in [-0.2, -0.15) is 5.26 Å². The van der Waals surface area contributed by atoms with Gasteiger partial charge in [0.15, 0.2) is 11.5 Å². The Labute approximate surface area is 179 Å². The molecule has 0 aliphatic carbocycles. The van der Waals surface area contributed by atoms with Crippen molar-refractivity contribution in [2.75, 3.05) is 0 Å². The van der Waals surface area contributed by atoms with Crippen LogP contribution >= 0.6 is 11.3 Å². The molecule has 0 spiro atoms. The molecular weight excluding hydrogens is 421 g/mol. The van der Waals surface area contributed by atoms with Crippen molar-refractivity contribution >= 4 is 28.4 Å². The molecule has 4 aromatic rings. The molecule has 0 fully saturated rings. The summed E-state index contributed by atoms with van der Waals surface area (Å²) in [4.78, 5) is 14.8. The van der Waals surface area contributed by atoms with Crippen molar-refractivity contribution in [2.24, 2.45) is 0 Å². The third-order valence-corrected chi connectivity index (χ3v) is 5.25. The quantitative estimate of drug-likeness (QED) is 0.177. The SMILES string of the molecule is N#CC(=C(O)c1ccc(-c2cccc([N+](=O)[O-])c2)o1)c1nc(-c2ccc(F)cc2)cs1. The van der Waals surface area contributed by atoms with Crippen molar-refractivity contribution in [3.63, 3.8) is 0 Å². The Morgan fingerprint density at radius 3 is 2.65 bits per heavy atom. The van der Waals surface area contributed by atoms with Gasteiger partial charge in [0.2, 0.25) is 0 Å². The van der Waals surface area contributed by atoms with Gasteiger partial charge < -0.3 is 9.52 Å². The van der Waals surface area contributed by atoms with E-state index in [4.69, 9.17) is 4.42 Å². The summed E-state index contributed by atoms with van der Waals surface area (Å²) in [6.45, 7) is 0. The second-order valence-electron chi connectivity index (χ2n) is 6.35. The molecular formula is C22H12FN3O4S. The van der Waals surface area contributed by atoms with Crippen molar-refractivity contribution < 1.29 is 18.8 Å². The van der Waals surface area contributed by atoms with Gasteiger partial charge in [-0.15, -0.1) is 11.3 Å². The molecule has 152 valence electrons. The Balaban J connectivity index is 1.67. The van der Waals surface area contributed by atoms with Crippen LogP contribution in [0.3, 0.4) is 0 Å². The van der Waals surface area contributed by atoms with Crippen molar-refractivity contribution in [3.8, 4) is 28.7 Å². The van der Waals surface area contributed by atoms with E-state index < -0.39 is 10.7 Å². The number of nitriles is 1. The van der Waals surface area contributed by atoms with E-state index in [2.05, 4.69) is 4.98 Å². The molecule has 2 heterocycles. The highest BCUT2D eigenvalue weighted by atomic mass is 32.1. The van der Waals surface area contributed by atoms with Gasteiger partial charge >= 0.3 is 0 Å². The fourth-order valence-corrected chi connectivity index (χ4v) is 3.68. The number of aromatic nitrogens is 1. The summed E-state index contributed by atoms with van der Waals surface area (Å²) in [5.74, 6) is -0.448. The van der Waals surface area contributed by atoms with Crippen LogP contribution < -0.4 is 0 Å². The Morgan fingerprint density at radius 2 is 1.94 bits per heavy atom. The predicted molar refractivity (Wildman–Crippen MR) is 113 cm³/mol. The minimum absolute atomic E-state index is 0.0246. The molecule has 0 unspecified atom stereocenters. The van der Waals surface area contributed by atoms with Crippen LogP contribution in [0.25, 0.3) is 33.9 Å². The lowest BCUT2D eigenvalue weighted by molar-refractivity contribution is -0.384. The monoisotopic (exact) mass is 433 g/mol. The van der Waals surface area contributed by atoms with E-state index in [1.54, 1.807) is 29.6 Å². The van der Waals surface area contributed by atoms with Crippen LogP contribution in [-0.4, -0.2) is 15.0 Å². The number of hydrogen-bond acceptors (Lipinski definition) is 7. The Morgan fingerprint density at radius 1 is 1.16 bits per heavy atom. The molecule has 4 rings (SSSR count). The zero-order chi connectivity index (χ0) is 22.0. The number of aliphatic hydroxyl groups is 1. The number of aliphatic hydroxyl groups excluding tert-OH is 1. The first-order valence-electron chi connectivity index (χ1n) is 8.86. The van der Waals surface area contributed by atoms with Crippen LogP contribution in [0.5, 0.6) is 0 Å². The lowest BCUT2D eigenvalue weighted by atomic mass is 10.1. The van der Waals surface area contributed by atoms with E-state index >= 15 is 0 Å². The van der Waals surface area contributed by atoms with Crippen LogP contribution in [0.15, 0.2) is 70.5 Å². The first kappa shape index (κ1) is 20.0. The van der Waals surface area contributed by atoms with Crippen LogP contribution in [0, 0.1) is 27.3 Å². The number of thiazole rings is 1. The summed E-state index contributed by atoms with van der Waals surface area (Å²) in [6, 6.07) is 16.6. The fourth-order valence-electron chi connectivity index (χ4n) is 2.86. The third-order valence-electron chi connectivity index (χ3n) is 4.39. The normalized spacial score (nSPS) is 11.6. The highest BCUT2D eigenvalue weighted by molar-refractivity contribution is 7.11. The van der Waals surface area contributed by atoms with Gasteiger partial charge in [-0.3, -0.25) is 10.1 Å². The fraction of sp³-hybridized carbons (Fsp3) is 0. The topological polar surface area (TPSA) is 113 Å². The number of allylic oxidation sites excluding steroid dienone is 1. The van der Waals surface area contributed by atoms with Crippen molar-refractivity contribution in [2.45, 2.75) is 0 Å². The first-order chi connectivity index (χ1) is 15.0. The number of benzene rings is 2. The number of non-ortho nitro benzene ring substituents is 1. The minimum Gasteiger partial charge on any atom is -0.503 e. The maximum atomic E-state index is 13.1. The molecule has 7 nitrogen and oxygen atoms in total. The molecule has 0 aliphatic rings. The van der Waals surface area contributed by atoms with Crippen molar-refractivity contribution in [1.29, 1.82) is 5.26 Å². The van der Waals surface area contributed by atoms with Gasteiger partial charge in [-0.05, 0) is 36.4 Å². The number of rotatable bonds is 5. The molecule has 0 amide bonds. The van der Waals surface area contributed by atoms with Crippen molar-refractivity contribution in [3.05, 3.63) is 92.7 Å². The lowest BCUT2D eigenvalue weighted by Gasteiger charge is -2.00. The molecule has 31 heavy (non-hydrogen) atoms. The summed E-state index contributed by atoms with van der Waals surface area (Å²) >= 11 is 1.15. The average molecular weight is 433 g/mol. The van der Waals surface area contributed by atoms with E-state index in [1.807, 2.05) is 6.07 Å². The maximum Gasteiger partial charge on any atom is 0.270 e. The second-order valence-corrected chi connectivity index (χ2v) is 7.21. The summed E-state index contributed by atoms with van der Waals surface area (Å²) in [6.07, 6.45) is 0. The van der Waals surface area contributed by atoms with Gasteiger partial charge in [-0.1, -0.05) is 12.1 Å². The highest BCUT2D eigenvalue weighted by Crippen LogP contribution is 2.33. The van der Waals surface area contributed by atoms with Crippen LogP contribution in [-0.2, 0) is 0 Å². The molecule has 0 bridgehead atoms. The molecule has 0 radical (unpaired) electrons. The van der Waals surface area contributed by atoms with E-state index in [9.17, 15) is 24.9 Å². The molecule has 9 heteroatoms. The van der Waals surface area contributed by atoms with E-state index in [1.165, 1.54) is 36.4 Å². The number of nitrogens with zero attached hydrogens (tertiary/aromatic N) is 3. The zero-order valence-electron chi connectivity index (χ0n) is 15.7. The van der Waals surface area contributed by atoms with E-state index in [0.717, 1.165) is 11.3 Å². The van der Waals surface area contributed by atoms with Crippen LogP contribution in [0.2, 0.25) is 0 Å². The highest BCUT2D eigenvalue weighted by Gasteiger charge is 2.19. The number of furan rings is 1. The zero-order valence-corrected chi connectivity index (χ0v) is 16.5. The van der Waals surface area contributed by atoms with Gasteiger partial charge in [0, 0.05) is 28.6 Å². The standard InChI is InChI=1S/C22H12FN3O4S/c23-15-6-4-13(5-7-15)18-12-31-22(25-18)17(11-24)21(27)20-9-8-19(30-20)14-2-1-3-16(10-14)26(28)29/h1-10,12,27H. The molecule has 2 aromatic heterocycles. The Bertz CT molecular complexity index is 1350. The van der Waals surface area contributed by atoms with Gasteiger partial charge in [-0.25, -0.2) is 9.37 Å². The minimum atomic E-state index is -0.514. The summed E-state index contributed by atoms with van der Waals surface area (Å²) in [7, 11) is 0. The van der Waals surface area contributed by atoms with Crippen LogP contribution in [0.1, 0.15) is 10.8 Å². The number of nitro benzene ring substituents is 1. The maximum absolute atomic E-state index is 13.1. The second kappa shape index (κ2) is 8.22. The Kier molecular flexibility index (Phi) is 5.30. The molecule has 0 saturated carbocycles. The molecule has 0 aliphatic heterocycles.